The molecular weight excluding hydrogens is 283 g/mol. The van der Waals surface area contributed by atoms with Gasteiger partial charge in [0.1, 0.15) is 0 Å². The van der Waals surface area contributed by atoms with E-state index >= 15 is 0 Å². The maximum atomic E-state index is 9.09. The first-order chi connectivity index (χ1) is 9.10. The fraction of sp³-hybridized carbons (Fsp3) is 0.143. The standard InChI is InChI=1S/C14H14Cl2N2O/c15-12-5-11(17)6-13(16)14(12)18-7-9-2-1-3-10(4-9)8-19/h1-6,18-19H,7-8,17H2. The number of benzene rings is 2. The summed E-state index contributed by atoms with van der Waals surface area (Å²) in [6.45, 7) is 0.592. The SMILES string of the molecule is Nc1cc(Cl)c(NCc2cccc(CO)c2)c(Cl)c1. The molecule has 3 nitrogen and oxygen atoms in total. The molecular formula is C14H14Cl2N2O. The molecule has 0 spiro atoms. The Kier molecular flexibility index (Phi) is 4.53. The number of halogens is 2. The van der Waals surface area contributed by atoms with Gasteiger partial charge in [0.05, 0.1) is 22.3 Å². The molecule has 4 N–H and O–H groups in total. The van der Waals surface area contributed by atoms with E-state index in [1.165, 1.54) is 0 Å². The number of aliphatic hydroxyl groups is 1. The molecule has 0 aliphatic rings. The second-order valence-corrected chi connectivity index (χ2v) is 5.01. The van der Waals surface area contributed by atoms with Crippen LogP contribution in [0.4, 0.5) is 11.4 Å². The van der Waals surface area contributed by atoms with Gasteiger partial charge in [0, 0.05) is 12.2 Å². The topological polar surface area (TPSA) is 58.3 Å². The van der Waals surface area contributed by atoms with Gasteiger partial charge in [-0.2, -0.15) is 0 Å². The Morgan fingerprint density at radius 1 is 1.05 bits per heavy atom. The number of nitrogens with two attached hydrogens (primary N) is 1. The summed E-state index contributed by atoms with van der Waals surface area (Å²) in [6, 6.07) is 11.0. The van der Waals surface area contributed by atoms with Crippen LogP contribution in [0.25, 0.3) is 0 Å². The van der Waals surface area contributed by atoms with Crippen molar-refractivity contribution in [3.63, 3.8) is 0 Å². The quantitative estimate of drug-likeness (QED) is 0.754. The summed E-state index contributed by atoms with van der Waals surface area (Å²) in [5, 5.41) is 13.2. The number of hydrogen-bond acceptors (Lipinski definition) is 3. The predicted molar refractivity (Wildman–Crippen MR) is 80.6 cm³/mol. The first kappa shape index (κ1) is 14.0. The van der Waals surface area contributed by atoms with E-state index in [4.69, 9.17) is 34.0 Å². The Bertz CT molecular complexity index is 564. The molecule has 5 heteroatoms. The Morgan fingerprint density at radius 2 is 1.68 bits per heavy atom. The zero-order valence-corrected chi connectivity index (χ0v) is 11.7. The first-order valence-electron chi connectivity index (χ1n) is 5.77. The summed E-state index contributed by atoms with van der Waals surface area (Å²) in [4.78, 5) is 0. The average molecular weight is 297 g/mol. The largest absolute Gasteiger partial charge is 0.399 e. The molecule has 2 rings (SSSR count). The van der Waals surface area contributed by atoms with Crippen LogP contribution in [-0.4, -0.2) is 5.11 Å². The highest BCUT2D eigenvalue weighted by atomic mass is 35.5. The smallest absolute Gasteiger partial charge is 0.0723 e. The highest BCUT2D eigenvalue weighted by Gasteiger charge is 2.07. The molecule has 0 atom stereocenters. The van der Waals surface area contributed by atoms with Gasteiger partial charge in [-0.05, 0) is 23.3 Å². The molecule has 0 saturated heterocycles. The van der Waals surface area contributed by atoms with Crippen molar-refractivity contribution in [1.29, 1.82) is 0 Å². The minimum Gasteiger partial charge on any atom is -0.399 e. The second kappa shape index (κ2) is 6.15. The van der Waals surface area contributed by atoms with Crippen LogP contribution in [0.15, 0.2) is 36.4 Å². The Balaban J connectivity index is 2.14. The third kappa shape index (κ3) is 3.53. The van der Waals surface area contributed by atoms with Gasteiger partial charge in [-0.1, -0.05) is 47.5 Å². The molecule has 0 aliphatic carbocycles. The van der Waals surface area contributed by atoms with Gasteiger partial charge in [-0.3, -0.25) is 0 Å². The summed E-state index contributed by atoms with van der Waals surface area (Å²) < 4.78 is 0. The predicted octanol–water partition coefficient (Wildman–Crippen LogP) is 3.68. The van der Waals surface area contributed by atoms with E-state index in [0.29, 0.717) is 28.0 Å². The molecule has 2 aromatic rings. The van der Waals surface area contributed by atoms with Crippen molar-refractivity contribution < 1.29 is 5.11 Å². The summed E-state index contributed by atoms with van der Waals surface area (Å²) >= 11 is 12.2. The molecule has 0 fully saturated rings. The molecule has 0 saturated carbocycles. The van der Waals surface area contributed by atoms with Crippen LogP contribution < -0.4 is 11.1 Å². The van der Waals surface area contributed by atoms with E-state index in [-0.39, 0.29) is 6.61 Å². The third-order valence-electron chi connectivity index (χ3n) is 2.71. The van der Waals surface area contributed by atoms with E-state index < -0.39 is 0 Å². The fourth-order valence-corrected chi connectivity index (χ4v) is 2.43. The van der Waals surface area contributed by atoms with Crippen molar-refractivity contribution in [3.05, 3.63) is 57.6 Å². The zero-order chi connectivity index (χ0) is 13.8. The second-order valence-electron chi connectivity index (χ2n) is 4.19. The van der Waals surface area contributed by atoms with Crippen molar-refractivity contribution in [1.82, 2.24) is 0 Å². The summed E-state index contributed by atoms with van der Waals surface area (Å²) in [5.74, 6) is 0. The molecule has 0 aromatic heterocycles. The van der Waals surface area contributed by atoms with Crippen LogP contribution in [0.2, 0.25) is 10.0 Å². The minimum atomic E-state index is 0.0250. The Morgan fingerprint density at radius 3 is 2.32 bits per heavy atom. The average Bonchev–Trinajstić information content (AvgIpc) is 2.37. The van der Waals surface area contributed by atoms with Crippen LogP contribution in [0, 0.1) is 0 Å². The van der Waals surface area contributed by atoms with E-state index in [0.717, 1.165) is 11.1 Å². The first-order valence-corrected chi connectivity index (χ1v) is 6.53. The molecule has 2 aromatic carbocycles. The van der Waals surface area contributed by atoms with Crippen LogP contribution in [0.1, 0.15) is 11.1 Å². The summed E-state index contributed by atoms with van der Waals surface area (Å²) in [7, 11) is 0. The van der Waals surface area contributed by atoms with Gasteiger partial charge in [0.2, 0.25) is 0 Å². The summed E-state index contributed by atoms with van der Waals surface area (Å²) in [5.41, 5.74) is 8.75. The van der Waals surface area contributed by atoms with Crippen LogP contribution >= 0.6 is 23.2 Å². The van der Waals surface area contributed by atoms with Crippen molar-refractivity contribution in [2.45, 2.75) is 13.2 Å². The van der Waals surface area contributed by atoms with E-state index in [1.54, 1.807) is 12.1 Å². The van der Waals surface area contributed by atoms with E-state index in [2.05, 4.69) is 5.32 Å². The van der Waals surface area contributed by atoms with Crippen molar-refractivity contribution in [3.8, 4) is 0 Å². The van der Waals surface area contributed by atoms with Crippen molar-refractivity contribution >= 4 is 34.6 Å². The monoisotopic (exact) mass is 296 g/mol. The van der Waals surface area contributed by atoms with Crippen LogP contribution in [0.5, 0.6) is 0 Å². The lowest BCUT2D eigenvalue weighted by molar-refractivity contribution is 0.281. The molecule has 0 heterocycles. The highest BCUT2D eigenvalue weighted by molar-refractivity contribution is 6.39. The normalized spacial score (nSPS) is 10.5. The van der Waals surface area contributed by atoms with Gasteiger partial charge in [0.25, 0.3) is 0 Å². The number of hydrogen-bond donors (Lipinski definition) is 3. The number of rotatable bonds is 4. The molecule has 0 amide bonds. The maximum Gasteiger partial charge on any atom is 0.0723 e. The highest BCUT2D eigenvalue weighted by Crippen LogP contribution is 2.33. The third-order valence-corrected chi connectivity index (χ3v) is 3.30. The van der Waals surface area contributed by atoms with E-state index in [9.17, 15) is 0 Å². The summed E-state index contributed by atoms with van der Waals surface area (Å²) in [6.07, 6.45) is 0. The number of aliphatic hydroxyl groups excluding tert-OH is 1. The van der Waals surface area contributed by atoms with Gasteiger partial charge >= 0.3 is 0 Å². The van der Waals surface area contributed by atoms with Crippen LogP contribution in [0.3, 0.4) is 0 Å². The molecule has 100 valence electrons. The van der Waals surface area contributed by atoms with Gasteiger partial charge in [0.15, 0.2) is 0 Å². The van der Waals surface area contributed by atoms with Gasteiger partial charge in [-0.25, -0.2) is 0 Å². The van der Waals surface area contributed by atoms with Gasteiger partial charge in [-0.15, -0.1) is 0 Å². The Labute approximate surface area is 122 Å². The maximum absolute atomic E-state index is 9.09. The molecule has 0 radical (unpaired) electrons. The minimum absolute atomic E-state index is 0.0250. The molecule has 19 heavy (non-hydrogen) atoms. The Hall–Kier alpha value is -1.42. The molecule has 0 aliphatic heterocycles. The zero-order valence-electron chi connectivity index (χ0n) is 10.2. The van der Waals surface area contributed by atoms with Crippen LogP contribution in [-0.2, 0) is 13.2 Å². The number of nitrogens with one attached hydrogen (secondary N) is 1. The lowest BCUT2D eigenvalue weighted by atomic mass is 10.1. The lowest BCUT2D eigenvalue weighted by Crippen LogP contribution is -2.02. The van der Waals surface area contributed by atoms with Gasteiger partial charge < -0.3 is 16.2 Å². The fourth-order valence-electron chi connectivity index (χ4n) is 1.79. The molecule has 0 bridgehead atoms. The molecule has 0 unspecified atom stereocenters. The number of anilines is 2. The van der Waals surface area contributed by atoms with Crippen molar-refractivity contribution in [2.75, 3.05) is 11.1 Å². The van der Waals surface area contributed by atoms with E-state index in [1.807, 2.05) is 24.3 Å². The van der Waals surface area contributed by atoms with Crippen molar-refractivity contribution in [2.24, 2.45) is 0 Å². The lowest BCUT2D eigenvalue weighted by Gasteiger charge is -2.12. The number of nitrogen functional groups attached to an aromatic ring is 1.